The van der Waals surface area contributed by atoms with E-state index in [0.29, 0.717) is 25.6 Å². The molecule has 2 rings (SSSR count). The molecule has 0 amide bonds. The van der Waals surface area contributed by atoms with Crippen molar-refractivity contribution in [1.29, 1.82) is 0 Å². The van der Waals surface area contributed by atoms with Crippen molar-refractivity contribution in [3.63, 3.8) is 0 Å². The molecule has 0 fully saturated rings. The van der Waals surface area contributed by atoms with Crippen molar-refractivity contribution in [2.45, 2.75) is 51.8 Å². The van der Waals surface area contributed by atoms with Crippen LogP contribution in [0.25, 0.3) is 0 Å². The molecule has 0 aliphatic heterocycles. The second kappa shape index (κ2) is 8.13. The second-order valence-electron chi connectivity index (χ2n) is 7.28. The summed E-state index contributed by atoms with van der Waals surface area (Å²) < 4.78 is 1.39. The molecule has 0 aromatic heterocycles. The Kier molecular flexibility index (Phi) is 6.44. The van der Waals surface area contributed by atoms with Gasteiger partial charge in [-0.2, -0.15) is 0 Å². The van der Waals surface area contributed by atoms with Gasteiger partial charge in [0.25, 0.3) is 0 Å². The monoisotopic (exact) mass is 376 g/mol. The maximum atomic E-state index is 12.6. The number of allylic oxidation sites excluding steroid dienone is 4. The summed E-state index contributed by atoms with van der Waals surface area (Å²) in [6.07, 6.45) is 9.52. The van der Waals surface area contributed by atoms with Crippen molar-refractivity contribution in [3.05, 3.63) is 54.1 Å². The third-order valence-electron chi connectivity index (χ3n) is 4.54. The molecule has 0 saturated carbocycles. The normalized spacial score (nSPS) is 29.2. The van der Waals surface area contributed by atoms with Gasteiger partial charge in [-0.3, -0.25) is 0 Å². The molecule has 1 aromatic rings. The van der Waals surface area contributed by atoms with Crippen LogP contribution in [0, 0.1) is 11.3 Å². The Balaban J connectivity index is 2.22. The van der Waals surface area contributed by atoms with E-state index in [2.05, 4.69) is 70.2 Å². The summed E-state index contributed by atoms with van der Waals surface area (Å²) in [6, 6.07) is 10.7. The molecule has 0 bridgehead atoms. The summed E-state index contributed by atoms with van der Waals surface area (Å²) in [5.41, 5.74) is 1.52. The average molecular weight is 375 g/mol. The predicted molar refractivity (Wildman–Crippen MR) is 100 cm³/mol. The average Bonchev–Trinajstić information content (AvgIpc) is 2.55. The first-order chi connectivity index (χ1) is 10.9. The summed E-state index contributed by atoms with van der Waals surface area (Å²) in [4.78, 5) is 13.1. The van der Waals surface area contributed by atoms with E-state index in [9.17, 15) is 4.79 Å². The van der Waals surface area contributed by atoms with Gasteiger partial charge in [-0.05, 0) is 0 Å². The Bertz CT molecular complexity index is 583. The number of carbonyl (C=O) groups is 1. The predicted octanol–water partition coefficient (Wildman–Crippen LogP) is 4.72. The Labute approximate surface area is 147 Å². The molecule has 1 nitrogen and oxygen atoms in total. The minimum atomic E-state index is 0.0566. The first kappa shape index (κ1) is 18.2. The van der Waals surface area contributed by atoms with Crippen molar-refractivity contribution in [3.8, 4) is 0 Å². The fourth-order valence-corrected chi connectivity index (χ4v) is 5.30. The van der Waals surface area contributed by atoms with E-state index in [1.807, 2.05) is 6.08 Å². The van der Waals surface area contributed by atoms with Crippen LogP contribution in [0.2, 0.25) is 4.82 Å². The van der Waals surface area contributed by atoms with E-state index in [0.717, 1.165) is 19.3 Å². The van der Waals surface area contributed by atoms with Gasteiger partial charge in [0, 0.05) is 0 Å². The van der Waals surface area contributed by atoms with Crippen molar-refractivity contribution >= 4 is 25.2 Å². The van der Waals surface area contributed by atoms with Gasteiger partial charge in [-0.1, -0.05) is 0 Å². The van der Waals surface area contributed by atoms with Crippen LogP contribution in [0.1, 0.15) is 47.0 Å². The maximum absolute atomic E-state index is 12.6. The molecule has 0 radical (unpaired) electrons. The molecule has 124 valence electrons. The van der Waals surface area contributed by atoms with Gasteiger partial charge in [0.1, 0.15) is 0 Å². The molecule has 2 atom stereocenters. The van der Waals surface area contributed by atoms with Gasteiger partial charge in [0.05, 0.1) is 0 Å². The van der Waals surface area contributed by atoms with E-state index < -0.39 is 0 Å². The van der Waals surface area contributed by atoms with Crippen molar-refractivity contribution in [1.82, 2.24) is 0 Å². The molecule has 1 aromatic carbocycles. The third-order valence-corrected chi connectivity index (χ3v) is 7.66. The van der Waals surface area contributed by atoms with Crippen LogP contribution in [0.4, 0.5) is 0 Å². The molecule has 0 N–H and O–H groups in total. The summed E-state index contributed by atoms with van der Waals surface area (Å²) in [5.74, 6) is 0.397. The van der Waals surface area contributed by atoms with Gasteiger partial charge >= 0.3 is 147 Å². The van der Waals surface area contributed by atoms with Gasteiger partial charge in [0.2, 0.25) is 0 Å². The molecule has 0 spiro atoms. The zero-order valence-corrected chi connectivity index (χ0v) is 16.4. The Morgan fingerprint density at radius 1 is 1.17 bits per heavy atom. The fourth-order valence-electron chi connectivity index (χ4n) is 2.70. The van der Waals surface area contributed by atoms with Crippen LogP contribution >= 0.6 is 0 Å². The van der Waals surface area contributed by atoms with E-state index >= 15 is 0 Å². The molecule has 23 heavy (non-hydrogen) atoms. The third kappa shape index (κ3) is 5.79. The molecule has 0 saturated heterocycles. The molecule has 1 aliphatic rings. The van der Waals surface area contributed by atoms with Crippen LogP contribution in [0.15, 0.2) is 54.1 Å². The fraction of sp³-hybridized carbons (Fsp3) is 0.476. The second-order valence-corrected chi connectivity index (χ2v) is 10.0. The van der Waals surface area contributed by atoms with E-state index in [1.54, 1.807) is 0 Å². The summed E-state index contributed by atoms with van der Waals surface area (Å²) in [5, 5.41) is 0. The van der Waals surface area contributed by atoms with E-state index in [4.69, 9.17) is 0 Å². The summed E-state index contributed by atoms with van der Waals surface area (Å²) in [7, 11) is 0. The molecule has 1 unspecified atom stereocenters. The number of hydrogen-bond donors (Lipinski definition) is 0. The molecule has 1 aliphatic carbocycles. The Morgan fingerprint density at radius 3 is 2.57 bits per heavy atom. The van der Waals surface area contributed by atoms with Crippen molar-refractivity contribution in [2.24, 2.45) is 11.3 Å². The number of hydrogen-bond acceptors (Lipinski definition) is 1. The number of benzene rings is 1. The van der Waals surface area contributed by atoms with Crippen LogP contribution in [-0.4, -0.2) is 20.7 Å². The van der Waals surface area contributed by atoms with Gasteiger partial charge in [-0.15, -0.1) is 0 Å². The van der Waals surface area contributed by atoms with E-state index in [-0.39, 0.29) is 11.3 Å². The van der Waals surface area contributed by atoms with Gasteiger partial charge < -0.3 is 0 Å². The number of ketones is 1. The van der Waals surface area contributed by atoms with Crippen LogP contribution in [-0.2, 0) is 4.79 Å². The SMILES string of the molecule is C/C1=C\CC(C)(C)/C=C/C(=O)[C@@H](C)C([Se]c2ccccc2)CC1. The quantitative estimate of drug-likeness (QED) is 0.540. The number of rotatable bonds is 2. The minimum absolute atomic E-state index is 0.0566. The first-order valence-corrected chi connectivity index (χ1v) is 10.3. The zero-order chi connectivity index (χ0) is 16.9. The number of carbonyl (C=O) groups excluding carboxylic acids is 1. The molecular formula is C21H28OSe. The van der Waals surface area contributed by atoms with Crippen LogP contribution < -0.4 is 4.46 Å². The van der Waals surface area contributed by atoms with Gasteiger partial charge in [-0.25, -0.2) is 0 Å². The molecule has 0 heterocycles. The van der Waals surface area contributed by atoms with Crippen LogP contribution in [0.5, 0.6) is 0 Å². The topological polar surface area (TPSA) is 17.1 Å². The molecule has 2 heteroatoms. The summed E-state index contributed by atoms with van der Waals surface area (Å²) >= 11 is 0.341. The van der Waals surface area contributed by atoms with Crippen molar-refractivity contribution < 1.29 is 4.79 Å². The standard InChI is InChI=1S/C21H28OSe/c1-16-10-11-20(23-18-8-6-5-7-9-18)17(2)19(22)13-15-21(3,4)14-12-16/h5-9,12-13,15,17,20H,10-11,14H2,1-4H3/b15-13+,16-12+/t17-,20?/m1/s1. The van der Waals surface area contributed by atoms with E-state index in [1.165, 1.54) is 10.0 Å². The summed E-state index contributed by atoms with van der Waals surface area (Å²) in [6.45, 7) is 8.76. The van der Waals surface area contributed by atoms with Gasteiger partial charge in [0.15, 0.2) is 0 Å². The Hall–Kier alpha value is -1.11. The first-order valence-electron chi connectivity index (χ1n) is 8.48. The molecular weight excluding hydrogens is 347 g/mol. The van der Waals surface area contributed by atoms with Crippen molar-refractivity contribution in [2.75, 3.05) is 0 Å². The zero-order valence-electron chi connectivity index (χ0n) is 14.7. The van der Waals surface area contributed by atoms with Crippen LogP contribution in [0.3, 0.4) is 0 Å². The Morgan fingerprint density at radius 2 is 1.87 bits per heavy atom.